The number of morpholine rings is 1. The van der Waals surface area contributed by atoms with Gasteiger partial charge < -0.3 is 10.5 Å². The Balaban J connectivity index is 2.94. The summed E-state index contributed by atoms with van der Waals surface area (Å²) in [5, 5.41) is 0. The molecule has 0 amide bonds. The lowest BCUT2D eigenvalue weighted by molar-refractivity contribution is 0.0349. The molecule has 6 heteroatoms. The van der Waals surface area contributed by atoms with Crippen molar-refractivity contribution < 1.29 is 13.2 Å². The summed E-state index contributed by atoms with van der Waals surface area (Å²) in [4.78, 5) is 0. The Morgan fingerprint density at radius 2 is 2.07 bits per heavy atom. The van der Waals surface area contributed by atoms with E-state index in [1.54, 1.807) is 20.8 Å². The third kappa shape index (κ3) is 2.50. The zero-order chi connectivity index (χ0) is 11.7. The third-order valence-corrected chi connectivity index (χ3v) is 5.17. The van der Waals surface area contributed by atoms with Gasteiger partial charge in [0, 0.05) is 13.1 Å². The second kappa shape index (κ2) is 4.37. The lowest BCUT2D eigenvalue weighted by Gasteiger charge is -2.37. The van der Waals surface area contributed by atoms with Crippen molar-refractivity contribution in [3.05, 3.63) is 0 Å². The van der Waals surface area contributed by atoms with Gasteiger partial charge in [-0.15, -0.1) is 0 Å². The molecule has 1 heterocycles. The van der Waals surface area contributed by atoms with E-state index >= 15 is 0 Å². The van der Waals surface area contributed by atoms with Gasteiger partial charge in [-0.3, -0.25) is 0 Å². The van der Waals surface area contributed by atoms with Gasteiger partial charge in [-0.25, -0.2) is 8.42 Å². The average Bonchev–Trinajstić information content (AvgIpc) is 2.16. The first-order valence-corrected chi connectivity index (χ1v) is 6.54. The van der Waals surface area contributed by atoms with Crippen molar-refractivity contribution in [1.82, 2.24) is 4.31 Å². The fraction of sp³-hybridized carbons (Fsp3) is 1.00. The monoisotopic (exact) mass is 236 g/mol. The first kappa shape index (κ1) is 12.9. The van der Waals surface area contributed by atoms with Crippen LogP contribution in [-0.2, 0) is 14.8 Å². The molecule has 2 N–H and O–H groups in total. The van der Waals surface area contributed by atoms with Crippen LogP contribution in [-0.4, -0.2) is 49.8 Å². The summed E-state index contributed by atoms with van der Waals surface area (Å²) in [7, 11) is -3.29. The van der Waals surface area contributed by atoms with Crippen LogP contribution >= 0.6 is 0 Å². The quantitative estimate of drug-likeness (QED) is 0.719. The summed E-state index contributed by atoms with van der Waals surface area (Å²) in [5.41, 5.74) is 5.55. The van der Waals surface area contributed by atoms with Crippen LogP contribution in [0.3, 0.4) is 0 Å². The van der Waals surface area contributed by atoms with Crippen LogP contribution in [0, 0.1) is 0 Å². The van der Waals surface area contributed by atoms with Crippen LogP contribution in [0.5, 0.6) is 0 Å². The highest BCUT2D eigenvalue weighted by Crippen LogP contribution is 2.23. The molecule has 15 heavy (non-hydrogen) atoms. The molecule has 1 fully saturated rings. The molecule has 5 nitrogen and oxygen atoms in total. The maximum absolute atomic E-state index is 12.2. The standard InChI is InChI=1S/C9H20N2O3S/c1-9(2,3)15(12,13)11-4-5-14-7-8(11)6-10/h8H,4-7,10H2,1-3H3. The van der Waals surface area contributed by atoms with E-state index in [1.165, 1.54) is 4.31 Å². The van der Waals surface area contributed by atoms with Gasteiger partial charge in [-0.05, 0) is 20.8 Å². The van der Waals surface area contributed by atoms with Crippen LogP contribution in [0.25, 0.3) is 0 Å². The van der Waals surface area contributed by atoms with Gasteiger partial charge in [-0.2, -0.15) is 4.31 Å². The molecule has 0 spiro atoms. The number of sulfonamides is 1. The third-order valence-electron chi connectivity index (χ3n) is 2.53. The van der Waals surface area contributed by atoms with E-state index in [4.69, 9.17) is 10.5 Å². The van der Waals surface area contributed by atoms with Crippen LogP contribution in [0.4, 0.5) is 0 Å². The van der Waals surface area contributed by atoms with E-state index in [1.807, 2.05) is 0 Å². The summed E-state index contributed by atoms with van der Waals surface area (Å²) < 4.78 is 30.3. The van der Waals surface area contributed by atoms with Gasteiger partial charge >= 0.3 is 0 Å². The van der Waals surface area contributed by atoms with E-state index in [9.17, 15) is 8.42 Å². The van der Waals surface area contributed by atoms with Crippen LogP contribution < -0.4 is 5.73 Å². The predicted octanol–water partition coefficient (Wildman–Crippen LogP) is -0.226. The number of nitrogens with two attached hydrogens (primary N) is 1. The van der Waals surface area contributed by atoms with Crippen molar-refractivity contribution in [3.8, 4) is 0 Å². The molecule has 0 radical (unpaired) electrons. The van der Waals surface area contributed by atoms with Gasteiger partial charge in [0.2, 0.25) is 10.0 Å². The molecule has 1 atom stereocenters. The Hall–Kier alpha value is -0.170. The smallest absolute Gasteiger partial charge is 0.219 e. The largest absolute Gasteiger partial charge is 0.378 e. The van der Waals surface area contributed by atoms with Gasteiger partial charge in [0.15, 0.2) is 0 Å². The fourth-order valence-corrected chi connectivity index (χ4v) is 3.05. The predicted molar refractivity (Wildman–Crippen MR) is 59.0 cm³/mol. The minimum Gasteiger partial charge on any atom is -0.378 e. The summed E-state index contributed by atoms with van der Waals surface area (Å²) in [6.07, 6.45) is 0. The zero-order valence-electron chi connectivity index (χ0n) is 9.56. The highest BCUT2D eigenvalue weighted by molar-refractivity contribution is 7.90. The van der Waals surface area contributed by atoms with Crippen LogP contribution in [0.2, 0.25) is 0 Å². The lowest BCUT2D eigenvalue weighted by atomic mass is 10.3. The van der Waals surface area contributed by atoms with Gasteiger partial charge in [0.25, 0.3) is 0 Å². The second-order valence-corrected chi connectivity index (χ2v) is 7.34. The maximum Gasteiger partial charge on any atom is 0.219 e. The lowest BCUT2D eigenvalue weighted by Crippen LogP contribution is -2.56. The van der Waals surface area contributed by atoms with Crippen molar-refractivity contribution >= 4 is 10.0 Å². The normalized spacial score (nSPS) is 25.5. The van der Waals surface area contributed by atoms with E-state index in [-0.39, 0.29) is 6.04 Å². The molecule has 0 aromatic rings. The second-order valence-electron chi connectivity index (χ2n) is 4.69. The van der Waals surface area contributed by atoms with Crippen LogP contribution in [0.1, 0.15) is 20.8 Å². The fourth-order valence-electron chi connectivity index (χ4n) is 1.49. The molecule has 1 unspecified atom stereocenters. The van der Waals surface area contributed by atoms with Crippen molar-refractivity contribution in [1.29, 1.82) is 0 Å². The number of hydrogen-bond acceptors (Lipinski definition) is 4. The molecule has 0 aromatic heterocycles. The minimum atomic E-state index is -3.29. The van der Waals surface area contributed by atoms with E-state index in [0.29, 0.717) is 26.3 Å². The maximum atomic E-state index is 12.2. The summed E-state index contributed by atoms with van der Waals surface area (Å²) >= 11 is 0. The van der Waals surface area contributed by atoms with Crippen LogP contribution in [0.15, 0.2) is 0 Å². The molecule has 1 rings (SSSR count). The SMILES string of the molecule is CC(C)(C)S(=O)(=O)N1CCOCC1CN. The van der Waals surface area contributed by atoms with Crippen molar-refractivity contribution in [2.75, 3.05) is 26.3 Å². The van der Waals surface area contributed by atoms with Gasteiger partial charge in [-0.1, -0.05) is 0 Å². The number of hydrogen-bond donors (Lipinski definition) is 1. The molecule has 1 aliphatic heterocycles. The Morgan fingerprint density at radius 1 is 1.47 bits per heavy atom. The Bertz CT molecular complexity index is 308. The average molecular weight is 236 g/mol. The van der Waals surface area contributed by atoms with E-state index < -0.39 is 14.8 Å². The topological polar surface area (TPSA) is 72.6 Å². The zero-order valence-corrected chi connectivity index (χ0v) is 10.4. The molecular weight excluding hydrogens is 216 g/mol. The molecule has 90 valence electrons. The Morgan fingerprint density at radius 3 is 2.53 bits per heavy atom. The van der Waals surface area contributed by atoms with Crippen molar-refractivity contribution in [2.45, 2.75) is 31.6 Å². The van der Waals surface area contributed by atoms with Crippen molar-refractivity contribution in [2.24, 2.45) is 5.73 Å². The number of rotatable bonds is 2. The van der Waals surface area contributed by atoms with Crippen molar-refractivity contribution in [3.63, 3.8) is 0 Å². The molecule has 0 aromatic carbocycles. The highest BCUT2D eigenvalue weighted by atomic mass is 32.2. The van der Waals surface area contributed by atoms with E-state index in [0.717, 1.165) is 0 Å². The molecule has 0 bridgehead atoms. The summed E-state index contributed by atoms with van der Waals surface area (Å²) in [6.45, 7) is 6.65. The Labute approximate surface area is 91.6 Å². The van der Waals surface area contributed by atoms with Gasteiger partial charge in [0.05, 0.1) is 24.0 Å². The molecule has 1 aliphatic rings. The molecule has 0 saturated carbocycles. The highest BCUT2D eigenvalue weighted by Gasteiger charge is 2.39. The Kier molecular flexibility index (Phi) is 3.76. The summed E-state index contributed by atoms with van der Waals surface area (Å²) in [5.74, 6) is 0. The van der Waals surface area contributed by atoms with Gasteiger partial charge in [0.1, 0.15) is 0 Å². The molecule has 0 aliphatic carbocycles. The first-order chi connectivity index (χ1) is 6.80. The molecule has 1 saturated heterocycles. The molecular formula is C9H20N2O3S. The van der Waals surface area contributed by atoms with E-state index in [2.05, 4.69) is 0 Å². The first-order valence-electron chi connectivity index (χ1n) is 5.10. The number of ether oxygens (including phenoxy) is 1. The summed E-state index contributed by atoms with van der Waals surface area (Å²) in [6, 6.07) is -0.219. The minimum absolute atomic E-state index is 0.219. The number of nitrogens with zero attached hydrogens (tertiary/aromatic N) is 1.